The zero-order valence-electron chi connectivity index (χ0n) is 11.5. The molecule has 110 valence electrons. The smallest absolute Gasteiger partial charge is 0.337 e. The first-order chi connectivity index (χ1) is 9.46. The third kappa shape index (κ3) is 2.84. The molecule has 2 rings (SSSR count). The first-order valence-corrected chi connectivity index (χ1v) is 7.78. The van der Waals surface area contributed by atoms with Gasteiger partial charge in [-0.25, -0.2) is 13.2 Å². The third-order valence-corrected chi connectivity index (χ3v) is 5.43. The molecule has 1 fully saturated rings. The highest BCUT2D eigenvalue weighted by molar-refractivity contribution is 7.89. The van der Waals surface area contributed by atoms with Gasteiger partial charge in [-0.05, 0) is 37.2 Å². The van der Waals surface area contributed by atoms with E-state index in [0.29, 0.717) is 12.1 Å². The maximum Gasteiger partial charge on any atom is 0.337 e. The Hall–Kier alpha value is -1.44. The van der Waals surface area contributed by atoms with Crippen LogP contribution in [-0.2, 0) is 14.8 Å². The molecule has 0 spiro atoms. The number of esters is 1. The summed E-state index contributed by atoms with van der Waals surface area (Å²) in [5.74, 6) is -0.484. The van der Waals surface area contributed by atoms with Crippen LogP contribution in [0.15, 0.2) is 29.2 Å². The van der Waals surface area contributed by atoms with Crippen LogP contribution in [-0.4, -0.2) is 52.0 Å². The maximum absolute atomic E-state index is 12.5. The number of nitrogens with zero attached hydrogens (tertiary/aromatic N) is 1. The van der Waals surface area contributed by atoms with E-state index in [9.17, 15) is 13.2 Å². The summed E-state index contributed by atoms with van der Waals surface area (Å²) >= 11 is 0. The molecular formula is C13H18N2O4S. The summed E-state index contributed by atoms with van der Waals surface area (Å²) in [5.41, 5.74) is 0.330. The van der Waals surface area contributed by atoms with E-state index in [0.717, 1.165) is 13.0 Å². The Morgan fingerprint density at radius 3 is 2.50 bits per heavy atom. The fraction of sp³-hybridized carbons (Fsp3) is 0.462. The van der Waals surface area contributed by atoms with Gasteiger partial charge in [-0.2, -0.15) is 4.31 Å². The van der Waals surface area contributed by atoms with Crippen molar-refractivity contribution >= 4 is 16.0 Å². The van der Waals surface area contributed by atoms with Crippen LogP contribution in [0.5, 0.6) is 0 Å². The molecule has 1 saturated heterocycles. The van der Waals surface area contributed by atoms with Crippen LogP contribution < -0.4 is 5.32 Å². The minimum atomic E-state index is -3.53. The van der Waals surface area contributed by atoms with Crippen molar-refractivity contribution in [3.05, 3.63) is 29.8 Å². The van der Waals surface area contributed by atoms with Crippen LogP contribution in [0.2, 0.25) is 0 Å². The second-order valence-electron chi connectivity index (χ2n) is 4.68. The van der Waals surface area contributed by atoms with E-state index < -0.39 is 16.0 Å². The number of hydrogen-bond donors (Lipinski definition) is 1. The largest absolute Gasteiger partial charge is 0.465 e. The summed E-state index contributed by atoms with van der Waals surface area (Å²) in [6, 6.07) is 5.75. The molecule has 1 unspecified atom stereocenters. The van der Waals surface area contributed by atoms with Gasteiger partial charge < -0.3 is 10.1 Å². The number of rotatable bonds is 4. The van der Waals surface area contributed by atoms with E-state index in [4.69, 9.17) is 0 Å². The van der Waals surface area contributed by atoms with Crippen molar-refractivity contribution in [3.8, 4) is 0 Å². The molecule has 1 atom stereocenters. The third-order valence-electron chi connectivity index (χ3n) is 3.50. The van der Waals surface area contributed by atoms with Gasteiger partial charge in [-0.3, -0.25) is 0 Å². The SMILES string of the molecule is COC(=O)c1ccc(S(=O)(=O)N(C)C2CCNC2)cc1. The molecule has 1 aliphatic heterocycles. The normalized spacial score (nSPS) is 19.2. The second-order valence-corrected chi connectivity index (χ2v) is 6.68. The molecule has 0 amide bonds. The number of carbonyl (C=O) groups excluding carboxylic acids is 1. The Morgan fingerprint density at radius 1 is 1.35 bits per heavy atom. The lowest BCUT2D eigenvalue weighted by Gasteiger charge is -2.23. The van der Waals surface area contributed by atoms with Crippen LogP contribution >= 0.6 is 0 Å². The highest BCUT2D eigenvalue weighted by Crippen LogP contribution is 2.20. The zero-order chi connectivity index (χ0) is 14.8. The molecule has 0 aromatic heterocycles. The van der Waals surface area contributed by atoms with Crippen molar-refractivity contribution in [2.45, 2.75) is 17.4 Å². The van der Waals surface area contributed by atoms with E-state index in [1.807, 2.05) is 0 Å². The molecule has 0 bridgehead atoms. The molecule has 7 heteroatoms. The number of benzene rings is 1. The molecule has 0 aliphatic carbocycles. The first-order valence-electron chi connectivity index (χ1n) is 6.34. The van der Waals surface area contributed by atoms with E-state index >= 15 is 0 Å². The van der Waals surface area contributed by atoms with E-state index in [1.165, 1.54) is 35.7 Å². The standard InChI is InChI=1S/C13H18N2O4S/c1-15(11-7-8-14-9-11)20(17,18)12-5-3-10(4-6-12)13(16)19-2/h3-6,11,14H,7-9H2,1-2H3. The number of sulfonamides is 1. The lowest BCUT2D eigenvalue weighted by molar-refractivity contribution is 0.0600. The van der Waals surface area contributed by atoms with Gasteiger partial charge in [0.1, 0.15) is 0 Å². The van der Waals surface area contributed by atoms with E-state index in [2.05, 4.69) is 10.1 Å². The van der Waals surface area contributed by atoms with Crippen molar-refractivity contribution in [1.82, 2.24) is 9.62 Å². The molecule has 0 saturated carbocycles. The zero-order valence-corrected chi connectivity index (χ0v) is 12.3. The first kappa shape index (κ1) is 15.0. The van der Waals surface area contributed by atoms with Gasteiger partial charge in [-0.15, -0.1) is 0 Å². The Balaban J connectivity index is 2.23. The Labute approximate surface area is 118 Å². The van der Waals surface area contributed by atoms with Crippen molar-refractivity contribution in [3.63, 3.8) is 0 Å². The van der Waals surface area contributed by atoms with Gasteiger partial charge in [0.15, 0.2) is 0 Å². The highest BCUT2D eigenvalue weighted by atomic mass is 32.2. The van der Waals surface area contributed by atoms with E-state index in [-0.39, 0.29) is 10.9 Å². The monoisotopic (exact) mass is 298 g/mol. The van der Waals surface area contributed by atoms with Gasteiger partial charge in [0.25, 0.3) is 0 Å². The quantitative estimate of drug-likeness (QED) is 0.817. The lowest BCUT2D eigenvalue weighted by atomic mass is 10.2. The number of nitrogens with one attached hydrogen (secondary N) is 1. The Kier molecular flexibility index (Phi) is 4.42. The number of carbonyl (C=O) groups is 1. The van der Waals surface area contributed by atoms with Crippen molar-refractivity contribution in [2.24, 2.45) is 0 Å². The molecule has 1 aliphatic rings. The maximum atomic E-state index is 12.5. The Morgan fingerprint density at radius 2 is 2.00 bits per heavy atom. The van der Waals surface area contributed by atoms with Crippen LogP contribution in [0, 0.1) is 0 Å². The number of likely N-dealkylation sites (N-methyl/N-ethyl adjacent to an activating group) is 1. The van der Waals surface area contributed by atoms with Crippen LogP contribution in [0.25, 0.3) is 0 Å². The molecule has 1 aromatic carbocycles. The lowest BCUT2D eigenvalue weighted by Crippen LogP contribution is -2.38. The molecular weight excluding hydrogens is 280 g/mol. The minimum Gasteiger partial charge on any atom is -0.465 e. The number of hydrogen-bond acceptors (Lipinski definition) is 5. The fourth-order valence-electron chi connectivity index (χ4n) is 2.19. The highest BCUT2D eigenvalue weighted by Gasteiger charge is 2.29. The second kappa shape index (κ2) is 5.90. The van der Waals surface area contributed by atoms with Gasteiger partial charge in [0, 0.05) is 19.6 Å². The van der Waals surface area contributed by atoms with Gasteiger partial charge >= 0.3 is 5.97 Å². The predicted octanol–water partition coefficient (Wildman–Crippen LogP) is 0.456. The fourth-order valence-corrected chi connectivity index (χ4v) is 3.58. The summed E-state index contributed by atoms with van der Waals surface area (Å²) in [6.07, 6.45) is 0.802. The molecule has 6 nitrogen and oxygen atoms in total. The van der Waals surface area contributed by atoms with Gasteiger partial charge in [0.2, 0.25) is 10.0 Å². The van der Waals surface area contributed by atoms with Crippen molar-refractivity contribution in [2.75, 3.05) is 27.2 Å². The molecule has 1 N–H and O–H groups in total. The molecule has 1 heterocycles. The number of ether oxygens (including phenoxy) is 1. The van der Waals surface area contributed by atoms with Crippen LogP contribution in [0.4, 0.5) is 0 Å². The summed E-state index contributed by atoms with van der Waals surface area (Å²) < 4.78 is 30.9. The van der Waals surface area contributed by atoms with Crippen LogP contribution in [0.1, 0.15) is 16.8 Å². The average Bonchev–Trinajstić information content (AvgIpc) is 2.99. The molecule has 1 aromatic rings. The molecule has 0 radical (unpaired) electrons. The van der Waals surface area contributed by atoms with E-state index in [1.54, 1.807) is 7.05 Å². The topological polar surface area (TPSA) is 75.7 Å². The minimum absolute atomic E-state index is 0.0275. The van der Waals surface area contributed by atoms with Gasteiger partial charge in [0.05, 0.1) is 17.6 Å². The van der Waals surface area contributed by atoms with Gasteiger partial charge in [-0.1, -0.05) is 0 Å². The van der Waals surface area contributed by atoms with Crippen molar-refractivity contribution in [1.29, 1.82) is 0 Å². The van der Waals surface area contributed by atoms with Crippen LogP contribution in [0.3, 0.4) is 0 Å². The summed E-state index contributed by atoms with van der Waals surface area (Å²) in [5, 5.41) is 3.14. The summed E-state index contributed by atoms with van der Waals surface area (Å²) in [4.78, 5) is 11.5. The Bertz CT molecular complexity index is 577. The number of methoxy groups -OCH3 is 1. The summed E-state index contributed by atoms with van der Waals surface area (Å²) in [7, 11) is -0.660. The van der Waals surface area contributed by atoms with Crippen molar-refractivity contribution < 1.29 is 17.9 Å². The summed E-state index contributed by atoms with van der Waals surface area (Å²) in [6.45, 7) is 1.49. The average molecular weight is 298 g/mol. The molecule has 20 heavy (non-hydrogen) atoms. The predicted molar refractivity (Wildman–Crippen MR) is 74.0 cm³/mol.